The standard InChI is InChI=1S/C16H18N2O/c1-10-5-6-12(3)14(8-10)18-16(19)15-9-11(2)7-13(4)17-15/h5-9H,1-4H3,(H,18,19). The summed E-state index contributed by atoms with van der Waals surface area (Å²) in [7, 11) is 0. The first-order valence-corrected chi connectivity index (χ1v) is 6.29. The lowest BCUT2D eigenvalue weighted by atomic mass is 10.1. The quantitative estimate of drug-likeness (QED) is 0.890. The highest BCUT2D eigenvalue weighted by molar-refractivity contribution is 6.03. The zero-order chi connectivity index (χ0) is 14.0. The van der Waals surface area contributed by atoms with Crippen LogP contribution in [-0.4, -0.2) is 10.9 Å². The maximum atomic E-state index is 12.2. The second kappa shape index (κ2) is 5.22. The lowest BCUT2D eigenvalue weighted by Crippen LogP contribution is -2.15. The van der Waals surface area contributed by atoms with Crippen LogP contribution in [-0.2, 0) is 0 Å². The van der Waals surface area contributed by atoms with Gasteiger partial charge in [0.1, 0.15) is 5.69 Å². The van der Waals surface area contributed by atoms with Gasteiger partial charge in [-0.2, -0.15) is 0 Å². The van der Waals surface area contributed by atoms with E-state index >= 15 is 0 Å². The monoisotopic (exact) mass is 254 g/mol. The van der Waals surface area contributed by atoms with Crippen molar-refractivity contribution in [3.05, 3.63) is 58.4 Å². The smallest absolute Gasteiger partial charge is 0.274 e. The van der Waals surface area contributed by atoms with Gasteiger partial charge in [0.05, 0.1) is 0 Å². The van der Waals surface area contributed by atoms with E-state index in [2.05, 4.69) is 10.3 Å². The molecule has 1 heterocycles. The van der Waals surface area contributed by atoms with Crippen LogP contribution in [0.3, 0.4) is 0 Å². The molecule has 0 unspecified atom stereocenters. The fraction of sp³-hybridized carbons (Fsp3) is 0.250. The molecule has 0 saturated heterocycles. The summed E-state index contributed by atoms with van der Waals surface area (Å²) >= 11 is 0. The van der Waals surface area contributed by atoms with Gasteiger partial charge in [-0.25, -0.2) is 4.98 Å². The molecule has 0 bridgehead atoms. The summed E-state index contributed by atoms with van der Waals surface area (Å²) in [5.41, 5.74) is 5.35. The Labute approximate surface area is 113 Å². The summed E-state index contributed by atoms with van der Waals surface area (Å²) < 4.78 is 0. The minimum atomic E-state index is -0.166. The normalized spacial score (nSPS) is 10.3. The maximum Gasteiger partial charge on any atom is 0.274 e. The van der Waals surface area contributed by atoms with Crippen LogP contribution in [0.5, 0.6) is 0 Å². The Morgan fingerprint density at radius 1 is 1.00 bits per heavy atom. The molecule has 3 nitrogen and oxygen atoms in total. The van der Waals surface area contributed by atoms with Gasteiger partial charge in [0.2, 0.25) is 0 Å². The Hall–Kier alpha value is -2.16. The van der Waals surface area contributed by atoms with E-state index in [9.17, 15) is 4.79 Å². The van der Waals surface area contributed by atoms with E-state index in [1.54, 1.807) is 6.07 Å². The minimum Gasteiger partial charge on any atom is -0.320 e. The summed E-state index contributed by atoms with van der Waals surface area (Å²) in [5.74, 6) is -0.166. The average Bonchev–Trinajstić information content (AvgIpc) is 2.32. The summed E-state index contributed by atoms with van der Waals surface area (Å²) in [4.78, 5) is 16.5. The number of rotatable bonds is 2. The SMILES string of the molecule is Cc1cc(C)nc(C(=O)Nc2cc(C)ccc2C)c1. The fourth-order valence-electron chi connectivity index (χ4n) is 2.01. The Morgan fingerprint density at radius 2 is 1.74 bits per heavy atom. The fourth-order valence-corrected chi connectivity index (χ4v) is 2.01. The molecule has 0 spiro atoms. The van der Waals surface area contributed by atoms with Gasteiger partial charge in [-0.3, -0.25) is 4.79 Å². The van der Waals surface area contributed by atoms with Crippen molar-refractivity contribution in [1.82, 2.24) is 4.98 Å². The number of hydrogen-bond acceptors (Lipinski definition) is 2. The molecule has 98 valence electrons. The van der Waals surface area contributed by atoms with Gasteiger partial charge < -0.3 is 5.32 Å². The lowest BCUT2D eigenvalue weighted by molar-refractivity contribution is 0.102. The van der Waals surface area contributed by atoms with Gasteiger partial charge in [0, 0.05) is 11.4 Å². The van der Waals surface area contributed by atoms with Crippen molar-refractivity contribution >= 4 is 11.6 Å². The van der Waals surface area contributed by atoms with Crippen molar-refractivity contribution in [2.24, 2.45) is 0 Å². The number of aryl methyl sites for hydroxylation is 4. The van der Waals surface area contributed by atoms with Crippen molar-refractivity contribution in [2.45, 2.75) is 27.7 Å². The van der Waals surface area contributed by atoms with Gasteiger partial charge >= 0.3 is 0 Å². The molecular formula is C16H18N2O. The zero-order valence-corrected chi connectivity index (χ0v) is 11.7. The summed E-state index contributed by atoms with van der Waals surface area (Å²) in [6, 6.07) is 9.75. The van der Waals surface area contributed by atoms with Crippen molar-refractivity contribution in [1.29, 1.82) is 0 Å². The number of nitrogens with zero attached hydrogens (tertiary/aromatic N) is 1. The van der Waals surface area contributed by atoms with Gasteiger partial charge in [0.15, 0.2) is 0 Å². The molecule has 2 aromatic rings. The largest absolute Gasteiger partial charge is 0.320 e. The van der Waals surface area contributed by atoms with E-state index in [0.717, 1.165) is 28.1 Å². The van der Waals surface area contributed by atoms with Crippen LogP contribution in [0.25, 0.3) is 0 Å². The third-order valence-electron chi connectivity index (χ3n) is 2.97. The molecule has 0 fully saturated rings. The Kier molecular flexibility index (Phi) is 3.65. The molecule has 1 aromatic carbocycles. The molecule has 0 aliphatic carbocycles. The third-order valence-corrected chi connectivity index (χ3v) is 2.97. The topological polar surface area (TPSA) is 42.0 Å². The first-order valence-electron chi connectivity index (χ1n) is 6.29. The van der Waals surface area contributed by atoms with Crippen LogP contribution in [0.4, 0.5) is 5.69 Å². The summed E-state index contributed by atoms with van der Waals surface area (Å²) in [5, 5.41) is 2.92. The van der Waals surface area contributed by atoms with Gasteiger partial charge in [-0.1, -0.05) is 12.1 Å². The predicted molar refractivity (Wildman–Crippen MR) is 77.6 cm³/mol. The number of pyridine rings is 1. The van der Waals surface area contributed by atoms with Crippen LogP contribution in [0.2, 0.25) is 0 Å². The molecule has 3 heteroatoms. The van der Waals surface area contributed by atoms with Gasteiger partial charge in [-0.15, -0.1) is 0 Å². The average molecular weight is 254 g/mol. The number of nitrogens with one attached hydrogen (secondary N) is 1. The second-order valence-corrected chi connectivity index (χ2v) is 4.94. The molecule has 19 heavy (non-hydrogen) atoms. The number of aromatic nitrogens is 1. The van der Waals surface area contributed by atoms with E-state index in [0.29, 0.717) is 5.69 Å². The van der Waals surface area contributed by atoms with Crippen LogP contribution in [0, 0.1) is 27.7 Å². The molecule has 1 N–H and O–H groups in total. The second-order valence-electron chi connectivity index (χ2n) is 4.94. The number of carbonyl (C=O) groups is 1. The number of anilines is 1. The summed E-state index contributed by atoms with van der Waals surface area (Å²) in [6.07, 6.45) is 0. The van der Waals surface area contributed by atoms with E-state index < -0.39 is 0 Å². The number of carbonyl (C=O) groups excluding carboxylic acids is 1. The van der Waals surface area contributed by atoms with Gasteiger partial charge in [0.25, 0.3) is 5.91 Å². The van der Waals surface area contributed by atoms with Crippen LogP contribution < -0.4 is 5.32 Å². The number of benzene rings is 1. The molecule has 0 atom stereocenters. The van der Waals surface area contributed by atoms with E-state index in [-0.39, 0.29) is 5.91 Å². The van der Waals surface area contributed by atoms with E-state index in [1.165, 1.54) is 0 Å². The summed E-state index contributed by atoms with van der Waals surface area (Å²) in [6.45, 7) is 7.83. The molecular weight excluding hydrogens is 236 g/mol. The molecule has 1 aromatic heterocycles. The highest BCUT2D eigenvalue weighted by Crippen LogP contribution is 2.17. The van der Waals surface area contributed by atoms with E-state index in [1.807, 2.05) is 52.0 Å². The Balaban J connectivity index is 2.28. The molecule has 0 radical (unpaired) electrons. The first-order chi connectivity index (χ1) is 8.95. The highest BCUT2D eigenvalue weighted by Gasteiger charge is 2.10. The minimum absolute atomic E-state index is 0.166. The predicted octanol–water partition coefficient (Wildman–Crippen LogP) is 3.57. The Morgan fingerprint density at radius 3 is 2.42 bits per heavy atom. The first kappa shape index (κ1) is 13.3. The van der Waals surface area contributed by atoms with Crippen LogP contribution in [0.15, 0.2) is 30.3 Å². The Bertz CT molecular complexity index is 612. The van der Waals surface area contributed by atoms with Crippen molar-refractivity contribution in [3.63, 3.8) is 0 Å². The number of amides is 1. The molecule has 0 aliphatic heterocycles. The van der Waals surface area contributed by atoms with Crippen LogP contribution in [0.1, 0.15) is 32.9 Å². The maximum absolute atomic E-state index is 12.2. The molecule has 0 aliphatic rings. The third kappa shape index (κ3) is 3.19. The van der Waals surface area contributed by atoms with Gasteiger partial charge in [-0.05, 0) is 62.6 Å². The van der Waals surface area contributed by atoms with Crippen LogP contribution >= 0.6 is 0 Å². The molecule has 2 rings (SSSR count). The molecule has 1 amide bonds. The lowest BCUT2D eigenvalue weighted by Gasteiger charge is -2.09. The van der Waals surface area contributed by atoms with Crippen molar-refractivity contribution in [2.75, 3.05) is 5.32 Å². The van der Waals surface area contributed by atoms with E-state index in [4.69, 9.17) is 0 Å². The highest BCUT2D eigenvalue weighted by atomic mass is 16.1. The van der Waals surface area contributed by atoms with Crippen molar-refractivity contribution < 1.29 is 4.79 Å². The molecule has 0 saturated carbocycles. The number of hydrogen-bond donors (Lipinski definition) is 1. The zero-order valence-electron chi connectivity index (χ0n) is 11.7. The van der Waals surface area contributed by atoms with Crippen molar-refractivity contribution in [3.8, 4) is 0 Å².